The van der Waals surface area contributed by atoms with E-state index < -0.39 is 0 Å². The first kappa shape index (κ1) is 8.41. The van der Waals surface area contributed by atoms with E-state index >= 15 is 0 Å². The Labute approximate surface area is 56.1 Å². The highest BCUT2D eigenvalue weighted by Crippen LogP contribution is 1.89. The molecule has 0 aromatic rings. The summed E-state index contributed by atoms with van der Waals surface area (Å²) >= 11 is 0. The van der Waals surface area contributed by atoms with Crippen molar-refractivity contribution in [3.8, 4) is 6.07 Å². The predicted molar refractivity (Wildman–Crippen MR) is 36.8 cm³/mol. The second-order valence-corrected chi connectivity index (χ2v) is 2.16. The van der Waals surface area contributed by atoms with Crippen molar-refractivity contribution in [2.75, 3.05) is 20.1 Å². The molecule has 0 heterocycles. The Hall–Kier alpha value is -0.590. The lowest BCUT2D eigenvalue weighted by molar-refractivity contribution is 0.293. The third-order valence-corrected chi connectivity index (χ3v) is 1.41. The molecule has 0 radical (unpaired) electrons. The van der Waals surface area contributed by atoms with Crippen molar-refractivity contribution in [3.63, 3.8) is 0 Å². The highest BCUT2D eigenvalue weighted by molar-refractivity contribution is 4.77. The fourth-order valence-electron chi connectivity index (χ4n) is 0.447. The van der Waals surface area contributed by atoms with Gasteiger partial charge in [-0.15, -0.1) is 0 Å². The third-order valence-electron chi connectivity index (χ3n) is 1.41. The van der Waals surface area contributed by atoms with Crippen molar-refractivity contribution in [1.82, 2.24) is 4.90 Å². The minimum Gasteiger partial charge on any atom is -0.329 e. The van der Waals surface area contributed by atoms with E-state index in [0.717, 1.165) is 0 Å². The van der Waals surface area contributed by atoms with Gasteiger partial charge in [0.15, 0.2) is 0 Å². The van der Waals surface area contributed by atoms with Crippen molar-refractivity contribution in [1.29, 1.82) is 5.26 Å². The van der Waals surface area contributed by atoms with E-state index in [2.05, 4.69) is 6.07 Å². The van der Waals surface area contributed by atoms with Crippen LogP contribution < -0.4 is 5.73 Å². The van der Waals surface area contributed by atoms with Crippen LogP contribution in [0.2, 0.25) is 0 Å². The van der Waals surface area contributed by atoms with Gasteiger partial charge in [0.05, 0.1) is 12.6 Å². The van der Waals surface area contributed by atoms with Gasteiger partial charge in [-0.25, -0.2) is 0 Å². The maximum Gasteiger partial charge on any atom is 0.0866 e. The van der Waals surface area contributed by atoms with Crippen molar-refractivity contribution in [2.45, 2.75) is 13.0 Å². The molecule has 0 saturated carbocycles. The zero-order chi connectivity index (χ0) is 7.28. The minimum atomic E-state index is 0.310. The number of hydrogen-bond acceptors (Lipinski definition) is 3. The summed E-state index contributed by atoms with van der Waals surface area (Å²) in [7, 11) is 1.89. The van der Waals surface area contributed by atoms with Crippen molar-refractivity contribution >= 4 is 0 Å². The van der Waals surface area contributed by atoms with E-state index in [1.807, 2.05) is 18.9 Å². The molecule has 2 N–H and O–H groups in total. The highest BCUT2D eigenvalue weighted by Gasteiger charge is 2.03. The van der Waals surface area contributed by atoms with Gasteiger partial charge in [0.2, 0.25) is 0 Å². The first-order chi connectivity index (χ1) is 4.22. The van der Waals surface area contributed by atoms with Crippen LogP contribution in [0.4, 0.5) is 0 Å². The maximum atomic E-state index is 8.25. The summed E-state index contributed by atoms with van der Waals surface area (Å²) in [6, 6.07) is 2.36. The second kappa shape index (κ2) is 4.30. The van der Waals surface area contributed by atoms with Crippen LogP contribution in [-0.2, 0) is 0 Å². The van der Waals surface area contributed by atoms with E-state index in [0.29, 0.717) is 19.1 Å². The normalized spacial score (nSPS) is 13.2. The van der Waals surface area contributed by atoms with Crippen LogP contribution in [0.3, 0.4) is 0 Å². The standard InChI is InChI=1S/C6H13N3/c1-6(5-8)9(2)4-3-7/h6H,4-5,8H2,1-2H3. The lowest BCUT2D eigenvalue weighted by atomic mass is 10.3. The number of nitrogens with zero attached hydrogens (tertiary/aromatic N) is 2. The molecule has 0 amide bonds. The largest absolute Gasteiger partial charge is 0.329 e. The van der Waals surface area contributed by atoms with E-state index in [1.54, 1.807) is 0 Å². The SMILES string of the molecule is CC(CN)N(C)CC#N. The molecule has 0 spiro atoms. The molecule has 9 heavy (non-hydrogen) atoms. The van der Waals surface area contributed by atoms with Gasteiger partial charge in [-0.3, -0.25) is 4.90 Å². The third kappa shape index (κ3) is 3.07. The van der Waals surface area contributed by atoms with Crippen LogP contribution in [0, 0.1) is 11.3 Å². The molecule has 0 aliphatic carbocycles. The number of hydrogen-bond donors (Lipinski definition) is 1. The van der Waals surface area contributed by atoms with Gasteiger partial charge in [0.1, 0.15) is 0 Å². The average molecular weight is 127 g/mol. The van der Waals surface area contributed by atoms with Gasteiger partial charge < -0.3 is 5.73 Å². The summed E-state index contributed by atoms with van der Waals surface area (Å²) in [6.07, 6.45) is 0. The van der Waals surface area contributed by atoms with Crippen LogP contribution >= 0.6 is 0 Å². The summed E-state index contributed by atoms with van der Waals surface area (Å²) in [4.78, 5) is 1.92. The van der Waals surface area contributed by atoms with Gasteiger partial charge >= 0.3 is 0 Å². The Bertz CT molecular complexity index is 105. The zero-order valence-electron chi connectivity index (χ0n) is 5.96. The monoisotopic (exact) mass is 127 g/mol. The average Bonchev–Trinajstić information content (AvgIpc) is 1.87. The molecular weight excluding hydrogens is 114 g/mol. The summed E-state index contributed by atoms with van der Waals surface area (Å²) in [5.41, 5.74) is 5.35. The molecule has 52 valence electrons. The first-order valence-corrected chi connectivity index (χ1v) is 2.99. The van der Waals surface area contributed by atoms with Crippen LogP contribution in [-0.4, -0.2) is 31.1 Å². The molecule has 0 bridgehead atoms. The fraction of sp³-hybridized carbons (Fsp3) is 0.833. The van der Waals surface area contributed by atoms with E-state index in [4.69, 9.17) is 11.0 Å². The molecule has 1 unspecified atom stereocenters. The lowest BCUT2D eigenvalue weighted by Gasteiger charge is -2.19. The quantitative estimate of drug-likeness (QED) is 0.534. The molecule has 0 aliphatic heterocycles. The summed E-state index contributed by atoms with van der Waals surface area (Å²) in [6.45, 7) is 3.06. The van der Waals surface area contributed by atoms with E-state index in [1.165, 1.54) is 0 Å². The smallest absolute Gasteiger partial charge is 0.0866 e. The van der Waals surface area contributed by atoms with Crippen LogP contribution in [0.25, 0.3) is 0 Å². The highest BCUT2D eigenvalue weighted by atomic mass is 15.1. The van der Waals surface area contributed by atoms with Crippen molar-refractivity contribution in [2.24, 2.45) is 5.73 Å². The second-order valence-electron chi connectivity index (χ2n) is 2.16. The Kier molecular flexibility index (Phi) is 4.02. The molecule has 3 nitrogen and oxygen atoms in total. The topological polar surface area (TPSA) is 53.0 Å². The summed E-state index contributed by atoms with van der Waals surface area (Å²) < 4.78 is 0. The van der Waals surface area contributed by atoms with Gasteiger partial charge in [0, 0.05) is 12.6 Å². The maximum absolute atomic E-state index is 8.25. The molecule has 0 aromatic carbocycles. The molecule has 0 rings (SSSR count). The summed E-state index contributed by atoms with van der Waals surface area (Å²) in [5.74, 6) is 0. The number of rotatable bonds is 3. The van der Waals surface area contributed by atoms with Crippen molar-refractivity contribution in [3.05, 3.63) is 0 Å². The molecule has 0 aliphatic rings. The Balaban J connectivity index is 3.48. The van der Waals surface area contributed by atoms with E-state index in [9.17, 15) is 0 Å². The molecule has 0 aromatic heterocycles. The fourth-order valence-corrected chi connectivity index (χ4v) is 0.447. The van der Waals surface area contributed by atoms with Gasteiger partial charge in [-0.2, -0.15) is 5.26 Å². The number of nitriles is 1. The zero-order valence-corrected chi connectivity index (χ0v) is 5.96. The molecule has 0 saturated heterocycles. The van der Waals surface area contributed by atoms with Gasteiger partial charge in [0.25, 0.3) is 0 Å². The van der Waals surface area contributed by atoms with Crippen LogP contribution in [0.5, 0.6) is 0 Å². The Morgan fingerprint density at radius 2 is 2.33 bits per heavy atom. The number of likely N-dealkylation sites (N-methyl/N-ethyl adjacent to an activating group) is 1. The first-order valence-electron chi connectivity index (χ1n) is 2.99. The lowest BCUT2D eigenvalue weighted by Crippen LogP contribution is -2.35. The van der Waals surface area contributed by atoms with Crippen molar-refractivity contribution < 1.29 is 0 Å². The number of nitrogens with two attached hydrogens (primary N) is 1. The predicted octanol–water partition coefficient (Wildman–Crippen LogP) is -0.211. The van der Waals surface area contributed by atoms with Crippen LogP contribution in [0.15, 0.2) is 0 Å². The molecular formula is C6H13N3. The Morgan fingerprint density at radius 3 is 2.67 bits per heavy atom. The van der Waals surface area contributed by atoms with Crippen LogP contribution in [0.1, 0.15) is 6.92 Å². The molecule has 0 fully saturated rings. The molecule has 3 heteroatoms. The van der Waals surface area contributed by atoms with Gasteiger partial charge in [-0.1, -0.05) is 0 Å². The Morgan fingerprint density at radius 1 is 1.78 bits per heavy atom. The molecule has 1 atom stereocenters. The minimum absolute atomic E-state index is 0.310. The summed E-state index contributed by atoms with van der Waals surface area (Å²) in [5, 5.41) is 8.25. The van der Waals surface area contributed by atoms with Gasteiger partial charge in [-0.05, 0) is 14.0 Å². The van der Waals surface area contributed by atoms with E-state index in [-0.39, 0.29) is 0 Å².